The lowest BCUT2D eigenvalue weighted by molar-refractivity contribution is -0.139. The standard InChI is InChI=1S/C12H18N2O5/c1-8-3-4-9(19-8)7-13-12(17)14-10(11(15)16)5-6-18-2/h3-4,10H,5-7H2,1-2H3,(H,15,16)(H2,13,14,17). The van der Waals surface area contributed by atoms with Crippen LogP contribution in [0.5, 0.6) is 0 Å². The van der Waals surface area contributed by atoms with Crippen LogP contribution < -0.4 is 10.6 Å². The van der Waals surface area contributed by atoms with Gasteiger partial charge in [-0.05, 0) is 19.1 Å². The number of urea groups is 1. The highest BCUT2D eigenvalue weighted by Crippen LogP contribution is 2.05. The molecule has 0 radical (unpaired) electrons. The molecule has 7 nitrogen and oxygen atoms in total. The van der Waals surface area contributed by atoms with E-state index in [0.29, 0.717) is 5.76 Å². The number of hydrogen-bond donors (Lipinski definition) is 3. The van der Waals surface area contributed by atoms with Crippen molar-refractivity contribution in [3.8, 4) is 0 Å². The van der Waals surface area contributed by atoms with Gasteiger partial charge in [-0.15, -0.1) is 0 Å². The van der Waals surface area contributed by atoms with Gasteiger partial charge in [0.05, 0.1) is 6.54 Å². The summed E-state index contributed by atoms with van der Waals surface area (Å²) in [6.45, 7) is 2.26. The van der Waals surface area contributed by atoms with Crippen LogP contribution in [0.1, 0.15) is 17.9 Å². The predicted octanol–water partition coefficient (Wildman–Crippen LogP) is 0.877. The van der Waals surface area contributed by atoms with Crippen molar-refractivity contribution >= 4 is 12.0 Å². The van der Waals surface area contributed by atoms with Crippen molar-refractivity contribution in [2.45, 2.75) is 25.9 Å². The third-order valence-corrected chi connectivity index (χ3v) is 2.43. The molecule has 0 aliphatic rings. The number of aryl methyl sites for hydroxylation is 1. The first-order valence-electron chi connectivity index (χ1n) is 5.84. The molecule has 19 heavy (non-hydrogen) atoms. The highest BCUT2D eigenvalue weighted by atomic mass is 16.5. The van der Waals surface area contributed by atoms with Gasteiger partial charge in [0.1, 0.15) is 17.6 Å². The molecule has 7 heteroatoms. The number of carbonyl (C=O) groups excluding carboxylic acids is 1. The van der Waals surface area contributed by atoms with Crippen LogP contribution in [0.2, 0.25) is 0 Å². The highest BCUT2D eigenvalue weighted by Gasteiger charge is 2.19. The average Bonchev–Trinajstić information content (AvgIpc) is 2.77. The van der Waals surface area contributed by atoms with Crippen LogP contribution in [0.25, 0.3) is 0 Å². The van der Waals surface area contributed by atoms with Gasteiger partial charge >= 0.3 is 12.0 Å². The molecule has 106 valence electrons. The Kier molecular flexibility index (Phi) is 5.87. The van der Waals surface area contributed by atoms with E-state index in [2.05, 4.69) is 10.6 Å². The van der Waals surface area contributed by atoms with E-state index in [1.807, 2.05) is 0 Å². The maximum absolute atomic E-state index is 11.5. The molecule has 0 spiro atoms. The number of ether oxygens (including phenoxy) is 1. The van der Waals surface area contributed by atoms with E-state index in [9.17, 15) is 9.59 Å². The van der Waals surface area contributed by atoms with Crippen molar-refractivity contribution in [3.63, 3.8) is 0 Å². The molecule has 1 rings (SSSR count). The first-order valence-corrected chi connectivity index (χ1v) is 5.84. The molecular weight excluding hydrogens is 252 g/mol. The minimum atomic E-state index is -1.10. The normalized spacial score (nSPS) is 11.9. The number of furan rings is 1. The molecule has 1 aromatic rings. The van der Waals surface area contributed by atoms with E-state index < -0.39 is 18.0 Å². The maximum atomic E-state index is 11.5. The third kappa shape index (κ3) is 5.43. The molecule has 0 aromatic carbocycles. The highest BCUT2D eigenvalue weighted by molar-refractivity contribution is 5.82. The second kappa shape index (κ2) is 7.42. The van der Waals surface area contributed by atoms with E-state index in [1.165, 1.54) is 7.11 Å². The van der Waals surface area contributed by atoms with Gasteiger partial charge in [-0.2, -0.15) is 0 Å². The Morgan fingerprint density at radius 1 is 1.47 bits per heavy atom. The summed E-state index contributed by atoms with van der Waals surface area (Å²) in [6, 6.07) is 2.00. The van der Waals surface area contributed by atoms with Gasteiger partial charge in [0.2, 0.25) is 0 Å². The van der Waals surface area contributed by atoms with Crippen molar-refractivity contribution in [2.75, 3.05) is 13.7 Å². The zero-order chi connectivity index (χ0) is 14.3. The third-order valence-electron chi connectivity index (χ3n) is 2.43. The van der Waals surface area contributed by atoms with Gasteiger partial charge in [-0.25, -0.2) is 9.59 Å². The number of methoxy groups -OCH3 is 1. The number of carboxylic acid groups (broad SMARTS) is 1. The Bertz CT molecular complexity index is 430. The molecule has 1 atom stereocenters. The minimum Gasteiger partial charge on any atom is -0.480 e. The van der Waals surface area contributed by atoms with Crippen molar-refractivity contribution < 1.29 is 23.8 Å². The Morgan fingerprint density at radius 3 is 2.74 bits per heavy atom. The average molecular weight is 270 g/mol. The number of hydrogen-bond acceptors (Lipinski definition) is 4. The van der Waals surface area contributed by atoms with Crippen LogP contribution in [0.3, 0.4) is 0 Å². The topological polar surface area (TPSA) is 101 Å². The second-order valence-corrected chi connectivity index (χ2v) is 4.01. The molecule has 0 aliphatic heterocycles. The van der Waals surface area contributed by atoms with Crippen molar-refractivity contribution in [3.05, 3.63) is 23.7 Å². The first kappa shape index (κ1) is 15.0. The van der Waals surface area contributed by atoms with Crippen LogP contribution in [0.4, 0.5) is 4.79 Å². The first-order chi connectivity index (χ1) is 9.02. The SMILES string of the molecule is COCCC(NC(=O)NCc1ccc(C)o1)C(=O)O. The fourth-order valence-electron chi connectivity index (χ4n) is 1.45. The Labute approximate surface area is 110 Å². The minimum absolute atomic E-state index is 0.205. The molecule has 1 unspecified atom stereocenters. The van der Waals surface area contributed by atoms with Gasteiger partial charge in [0.15, 0.2) is 0 Å². The Morgan fingerprint density at radius 2 is 2.21 bits per heavy atom. The van der Waals surface area contributed by atoms with Crippen molar-refractivity contribution in [1.82, 2.24) is 10.6 Å². The van der Waals surface area contributed by atoms with E-state index in [0.717, 1.165) is 5.76 Å². The predicted molar refractivity (Wildman–Crippen MR) is 66.7 cm³/mol. The number of rotatable bonds is 7. The summed E-state index contributed by atoms with van der Waals surface area (Å²) in [7, 11) is 1.47. The van der Waals surface area contributed by atoms with Crippen molar-refractivity contribution in [2.24, 2.45) is 0 Å². The fraction of sp³-hybridized carbons (Fsp3) is 0.500. The summed E-state index contributed by atoms with van der Waals surface area (Å²) in [5.41, 5.74) is 0. The van der Waals surface area contributed by atoms with Crippen LogP contribution in [-0.2, 0) is 16.1 Å². The molecule has 1 heterocycles. The Balaban J connectivity index is 2.37. The van der Waals surface area contributed by atoms with E-state index in [-0.39, 0.29) is 19.6 Å². The lowest BCUT2D eigenvalue weighted by Crippen LogP contribution is -2.46. The summed E-state index contributed by atoms with van der Waals surface area (Å²) >= 11 is 0. The molecule has 0 bridgehead atoms. The quantitative estimate of drug-likeness (QED) is 0.682. The number of carbonyl (C=O) groups is 2. The van der Waals surface area contributed by atoms with Crippen LogP contribution in [0, 0.1) is 6.92 Å². The van der Waals surface area contributed by atoms with Gasteiger partial charge in [-0.1, -0.05) is 0 Å². The van der Waals surface area contributed by atoms with Crippen LogP contribution >= 0.6 is 0 Å². The van der Waals surface area contributed by atoms with Crippen LogP contribution in [0.15, 0.2) is 16.5 Å². The number of aliphatic carboxylic acids is 1. The molecule has 3 N–H and O–H groups in total. The fourth-order valence-corrected chi connectivity index (χ4v) is 1.45. The molecular formula is C12H18N2O5. The van der Waals surface area contributed by atoms with E-state index in [1.54, 1.807) is 19.1 Å². The second-order valence-electron chi connectivity index (χ2n) is 4.01. The summed E-state index contributed by atoms with van der Waals surface area (Å²) in [5, 5.41) is 13.8. The lowest BCUT2D eigenvalue weighted by Gasteiger charge is -2.14. The molecule has 0 aliphatic carbocycles. The maximum Gasteiger partial charge on any atom is 0.326 e. The number of carboxylic acids is 1. The Hall–Kier alpha value is -2.02. The molecule has 0 saturated carbocycles. The number of amides is 2. The van der Waals surface area contributed by atoms with E-state index >= 15 is 0 Å². The van der Waals surface area contributed by atoms with Crippen molar-refractivity contribution in [1.29, 1.82) is 0 Å². The van der Waals surface area contributed by atoms with Crippen LogP contribution in [-0.4, -0.2) is 36.9 Å². The molecule has 1 aromatic heterocycles. The molecule has 2 amide bonds. The van der Waals surface area contributed by atoms with Gasteiger partial charge in [0, 0.05) is 20.1 Å². The van der Waals surface area contributed by atoms with Gasteiger partial charge in [0.25, 0.3) is 0 Å². The zero-order valence-corrected chi connectivity index (χ0v) is 10.9. The molecule has 0 fully saturated rings. The summed E-state index contributed by atoms with van der Waals surface area (Å²) in [5.74, 6) is 0.262. The lowest BCUT2D eigenvalue weighted by atomic mass is 10.2. The van der Waals surface area contributed by atoms with E-state index in [4.69, 9.17) is 14.3 Å². The monoisotopic (exact) mass is 270 g/mol. The molecule has 0 saturated heterocycles. The van der Waals surface area contributed by atoms with Gasteiger partial charge in [-0.3, -0.25) is 0 Å². The zero-order valence-electron chi connectivity index (χ0n) is 10.9. The summed E-state index contributed by atoms with van der Waals surface area (Å²) in [6.07, 6.45) is 0.207. The summed E-state index contributed by atoms with van der Waals surface area (Å²) < 4.78 is 10.1. The smallest absolute Gasteiger partial charge is 0.326 e. The summed E-state index contributed by atoms with van der Waals surface area (Å²) in [4.78, 5) is 22.4. The largest absolute Gasteiger partial charge is 0.480 e. The van der Waals surface area contributed by atoms with Gasteiger partial charge < -0.3 is 24.9 Å². The number of nitrogens with one attached hydrogen (secondary N) is 2.